The number of piperazine rings is 1. The van der Waals surface area contributed by atoms with E-state index in [0.717, 1.165) is 24.6 Å². The lowest BCUT2D eigenvalue weighted by Gasteiger charge is -2.50. The van der Waals surface area contributed by atoms with Crippen LogP contribution >= 0.6 is 0 Å². The maximum atomic E-state index is 13.1. The van der Waals surface area contributed by atoms with E-state index in [4.69, 9.17) is 0 Å². The molecule has 2 atom stereocenters. The fourth-order valence-corrected chi connectivity index (χ4v) is 4.41. The molecule has 0 spiro atoms. The molecule has 1 aromatic carbocycles. The number of aromatic nitrogens is 1. The first-order valence-electron chi connectivity index (χ1n) is 9.42. The number of likely N-dealkylation sites (tertiary alicyclic amines) is 1. The van der Waals surface area contributed by atoms with Crippen LogP contribution in [0.3, 0.4) is 0 Å². The number of piperidine rings is 1. The Balaban J connectivity index is 1.60. The van der Waals surface area contributed by atoms with E-state index in [9.17, 15) is 14.4 Å². The Morgan fingerprint density at radius 2 is 1.89 bits per heavy atom. The number of rotatable bonds is 3. The molecule has 4 rings (SSSR count). The van der Waals surface area contributed by atoms with Gasteiger partial charge < -0.3 is 14.8 Å². The number of hydrogen-bond donors (Lipinski definition) is 1. The molecule has 140 valence electrons. The monoisotopic (exact) mass is 365 g/mol. The first-order chi connectivity index (χ1) is 13.1. The second-order valence-corrected chi connectivity index (χ2v) is 7.34. The Morgan fingerprint density at radius 3 is 2.59 bits per heavy atom. The molecular formula is C21H23N3O3. The molecule has 2 unspecified atom stereocenters. The highest BCUT2D eigenvalue weighted by atomic mass is 16.2. The number of amides is 2. The predicted molar refractivity (Wildman–Crippen MR) is 104 cm³/mol. The first kappa shape index (κ1) is 17.5. The highest BCUT2D eigenvalue weighted by Crippen LogP contribution is 2.30. The maximum Gasteiger partial charge on any atom is 0.270 e. The van der Waals surface area contributed by atoms with E-state index in [0.29, 0.717) is 30.6 Å². The van der Waals surface area contributed by atoms with Gasteiger partial charge in [-0.15, -0.1) is 6.58 Å². The Morgan fingerprint density at radius 1 is 1.19 bits per heavy atom. The number of aromatic amines is 1. The third-order valence-electron chi connectivity index (χ3n) is 5.60. The standard InChI is InChI=1S/C21H23N3O3/c1-2-6-19(25)24-15-8-5-9-16(24)13-23(12-15)21(27)18-11-14-7-3-4-10-17(14)20(26)22-18/h2-4,7,10-11,15-16H,1,5-6,8-9,12-13H2,(H,22,26). The van der Waals surface area contributed by atoms with Crippen LogP contribution in [0.25, 0.3) is 10.8 Å². The van der Waals surface area contributed by atoms with Crippen molar-refractivity contribution in [3.8, 4) is 0 Å². The van der Waals surface area contributed by atoms with Crippen LogP contribution in [0.15, 0.2) is 47.8 Å². The van der Waals surface area contributed by atoms with Gasteiger partial charge >= 0.3 is 0 Å². The Labute approximate surface area is 157 Å². The summed E-state index contributed by atoms with van der Waals surface area (Å²) < 4.78 is 0. The molecule has 2 saturated heterocycles. The van der Waals surface area contributed by atoms with Crippen LogP contribution < -0.4 is 5.56 Å². The van der Waals surface area contributed by atoms with Gasteiger partial charge in [-0.05, 0) is 36.8 Å². The average molecular weight is 365 g/mol. The molecule has 2 fully saturated rings. The smallest absolute Gasteiger partial charge is 0.270 e. The van der Waals surface area contributed by atoms with Crippen LogP contribution in [0.1, 0.15) is 36.2 Å². The van der Waals surface area contributed by atoms with Crippen LogP contribution in [0.2, 0.25) is 0 Å². The third kappa shape index (κ3) is 3.16. The topological polar surface area (TPSA) is 73.5 Å². The minimum absolute atomic E-state index is 0.0427. The number of H-pyrrole nitrogens is 1. The first-order valence-corrected chi connectivity index (χ1v) is 9.42. The second-order valence-electron chi connectivity index (χ2n) is 7.34. The summed E-state index contributed by atoms with van der Waals surface area (Å²) in [5, 5.41) is 1.33. The molecular weight excluding hydrogens is 342 g/mol. The molecule has 6 nitrogen and oxygen atoms in total. The zero-order chi connectivity index (χ0) is 19.0. The Hall–Kier alpha value is -2.89. The van der Waals surface area contributed by atoms with Crippen molar-refractivity contribution in [1.82, 2.24) is 14.8 Å². The van der Waals surface area contributed by atoms with Gasteiger partial charge in [-0.3, -0.25) is 14.4 Å². The SMILES string of the molecule is C=CCC(=O)N1C2CCCC1CN(C(=O)c1cc3ccccc3c(=O)[nH]1)C2. The molecule has 1 aromatic heterocycles. The Bertz CT molecular complexity index is 951. The second kappa shape index (κ2) is 7.02. The maximum absolute atomic E-state index is 13.1. The van der Waals surface area contributed by atoms with Crippen molar-refractivity contribution in [2.45, 2.75) is 37.8 Å². The summed E-state index contributed by atoms with van der Waals surface area (Å²) in [6, 6.07) is 9.06. The summed E-state index contributed by atoms with van der Waals surface area (Å²) in [6.45, 7) is 4.67. The summed E-state index contributed by atoms with van der Waals surface area (Å²) >= 11 is 0. The molecule has 0 saturated carbocycles. The van der Waals surface area contributed by atoms with E-state index in [1.165, 1.54) is 0 Å². The van der Waals surface area contributed by atoms with Crippen molar-refractivity contribution < 1.29 is 9.59 Å². The molecule has 27 heavy (non-hydrogen) atoms. The van der Waals surface area contributed by atoms with E-state index in [2.05, 4.69) is 11.6 Å². The van der Waals surface area contributed by atoms with Crippen molar-refractivity contribution in [1.29, 1.82) is 0 Å². The molecule has 0 radical (unpaired) electrons. The minimum atomic E-state index is -0.253. The summed E-state index contributed by atoms with van der Waals surface area (Å²) in [4.78, 5) is 44.3. The zero-order valence-corrected chi connectivity index (χ0v) is 15.2. The molecule has 1 N–H and O–H groups in total. The van der Waals surface area contributed by atoms with Gasteiger partial charge in [0.1, 0.15) is 5.69 Å². The molecule has 2 aliphatic heterocycles. The van der Waals surface area contributed by atoms with Gasteiger partial charge in [0.15, 0.2) is 0 Å². The summed E-state index contributed by atoms with van der Waals surface area (Å²) in [6.07, 6.45) is 4.84. The van der Waals surface area contributed by atoms with E-state index in [1.807, 2.05) is 17.0 Å². The van der Waals surface area contributed by atoms with Crippen LogP contribution in [0.5, 0.6) is 0 Å². The highest BCUT2D eigenvalue weighted by Gasteiger charge is 2.41. The lowest BCUT2D eigenvalue weighted by atomic mass is 9.90. The summed E-state index contributed by atoms with van der Waals surface area (Å²) in [7, 11) is 0. The molecule has 2 aromatic rings. The lowest BCUT2D eigenvalue weighted by Crippen LogP contribution is -2.63. The fourth-order valence-electron chi connectivity index (χ4n) is 4.41. The van der Waals surface area contributed by atoms with E-state index in [-0.39, 0.29) is 29.5 Å². The lowest BCUT2D eigenvalue weighted by molar-refractivity contribution is -0.141. The van der Waals surface area contributed by atoms with Crippen molar-refractivity contribution >= 4 is 22.6 Å². The van der Waals surface area contributed by atoms with E-state index in [1.54, 1.807) is 29.2 Å². The molecule has 6 heteroatoms. The van der Waals surface area contributed by atoms with E-state index >= 15 is 0 Å². The molecule has 0 aliphatic carbocycles. The van der Waals surface area contributed by atoms with Crippen LogP contribution in [0.4, 0.5) is 0 Å². The molecule has 3 heterocycles. The minimum Gasteiger partial charge on any atom is -0.333 e. The van der Waals surface area contributed by atoms with Crippen LogP contribution in [-0.4, -0.2) is 51.8 Å². The number of nitrogens with one attached hydrogen (secondary N) is 1. The number of fused-ring (bicyclic) bond motifs is 3. The van der Waals surface area contributed by atoms with Crippen molar-refractivity contribution in [2.75, 3.05) is 13.1 Å². The van der Waals surface area contributed by atoms with Gasteiger partial charge in [-0.1, -0.05) is 24.3 Å². The number of carbonyl (C=O) groups is 2. The van der Waals surface area contributed by atoms with Gasteiger partial charge in [-0.2, -0.15) is 0 Å². The summed E-state index contributed by atoms with van der Waals surface area (Å²) in [5.41, 5.74) is 0.0547. The molecule has 2 aliphatic rings. The average Bonchev–Trinajstić information content (AvgIpc) is 2.66. The van der Waals surface area contributed by atoms with Crippen LogP contribution in [-0.2, 0) is 4.79 Å². The third-order valence-corrected chi connectivity index (χ3v) is 5.60. The van der Waals surface area contributed by atoms with Crippen molar-refractivity contribution in [3.63, 3.8) is 0 Å². The quantitative estimate of drug-likeness (QED) is 0.849. The number of carbonyl (C=O) groups excluding carboxylic acids is 2. The Kier molecular flexibility index (Phi) is 4.56. The van der Waals surface area contributed by atoms with Gasteiger partial charge in [0.25, 0.3) is 11.5 Å². The predicted octanol–water partition coefficient (Wildman–Crippen LogP) is 2.31. The van der Waals surface area contributed by atoms with Gasteiger partial charge in [-0.25, -0.2) is 0 Å². The van der Waals surface area contributed by atoms with Crippen molar-refractivity contribution in [3.05, 3.63) is 59.0 Å². The zero-order valence-electron chi connectivity index (χ0n) is 15.2. The van der Waals surface area contributed by atoms with E-state index < -0.39 is 0 Å². The van der Waals surface area contributed by atoms with Crippen LogP contribution in [0, 0.1) is 0 Å². The fraction of sp³-hybridized carbons (Fsp3) is 0.381. The van der Waals surface area contributed by atoms with Crippen molar-refractivity contribution in [2.24, 2.45) is 0 Å². The molecule has 2 amide bonds. The number of pyridine rings is 1. The number of nitrogens with zero attached hydrogens (tertiary/aromatic N) is 2. The highest BCUT2D eigenvalue weighted by molar-refractivity contribution is 5.96. The summed E-state index contributed by atoms with van der Waals surface area (Å²) in [5.74, 6) is -0.0866. The number of hydrogen-bond acceptors (Lipinski definition) is 3. The number of benzene rings is 1. The van der Waals surface area contributed by atoms with Gasteiger partial charge in [0.05, 0.1) is 0 Å². The largest absolute Gasteiger partial charge is 0.333 e. The van der Waals surface area contributed by atoms with Gasteiger partial charge in [0, 0.05) is 37.0 Å². The normalized spacial score (nSPS) is 21.9. The van der Waals surface area contributed by atoms with Gasteiger partial charge in [0.2, 0.25) is 5.91 Å². The molecule has 2 bridgehead atoms.